The Morgan fingerprint density at radius 2 is 2.05 bits per heavy atom. The van der Waals surface area contributed by atoms with E-state index in [2.05, 4.69) is 10.6 Å². The van der Waals surface area contributed by atoms with Gasteiger partial charge in [-0.3, -0.25) is 9.59 Å². The molecule has 1 atom stereocenters. The molecule has 0 saturated heterocycles. The minimum Gasteiger partial charge on any atom is -0.459 e. The number of hydrogen-bond donors (Lipinski definition) is 2. The highest BCUT2D eigenvalue weighted by Crippen LogP contribution is 2.11. The number of amides is 2. The summed E-state index contributed by atoms with van der Waals surface area (Å²) in [4.78, 5) is 23.8. The van der Waals surface area contributed by atoms with Crippen LogP contribution in [0, 0.1) is 0 Å². The highest BCUT2D eigenvalue weighted by atomic mass is 16.3. The number of anilines is 1. The van der Waals surface area contributed by atoms with Crippen molar-refractivity contribution in [2.24, 2.45) is 0 Å². The molecule has 0 saturated carbocycles. The zero-order valence-corrected chi connectivity index (χ0v) is 12.1. The fourth-order valence-corrected chi connectivity index (χ4v) is 1.86. The van der Waals surface area contributed by atoms with Crippen LogP contribution in [-0.4, -0.2) is 17.9 Å². The molecule has 2 amide bonds. The van der Waals surface area contributed by atoms with Gasteiger partial charge >= 0.3 is 0 Å². The van der Waals surface area contributed by atoms with Crippen molar-refractivity contribution in [3.05, 3.63) is 54.0 Å². The van der Waals surface area contributed by atoms with E-state index in [9.17, 15) is 9.59 Å². The summed E-state index contributed by atoms with van der Waals surface area (Å²) < 4.78 is 4.98. The van der Waals surface area contributed by atoms with Crippen molar-refractivity contribution in [3.63, 3.8) is 0 Å². The number of hydrogen-bond acceptors (Lipinski definition) is 3. The molecule has 0 fully saturated rings. The van der Waals surface area contributed by atoms with E-state index in [0.29, 0.717) is 0 Å². The van der Waals surface area contributed by atoms with Crippen LogP contribution >= 0.6 is 0 Å². The Morgan fingerprint density at radius 1 is 1.24 bits per heavy atom. The molecular formula is C16H18N2O3. The molecule has 1 heterocycles. The summed E-state index contributed by atoms with van der Waals surface area (Å²) in [6, 6.07) is 10.1. The lowest BCUT2D eigenvalue weighted by atomic mass is 10.1. The van der Waals surface area contributed by atoms with Crippen LogP contribution in [0.5, 0.6) is 0 Å². The highest BCUT2D eigenvalue weighted by molar-refractivity contribution is 5.99. The van der Waals surface area contributed by atoms with Crippen LogP contribution in [-0.2, 0) is 11.2 Å². The Morgan fingerprint density at radius 3 is 2.71 bits per heavy atom. The minimum atomic E-state index is -0.659. The van der Waals surface area contributed by atoms with Gasteiger partial charge in [0.15, 0.2) is 5.76 Å². The molecule has 2 rings (SSSR count). The van der Waals surface area contributed by atoms with E-state index in [0.717, 1.165) is 17.7 Å². The van der Waals surface area contributed by atoms with Crippen LogP contribution in [0.1, 0.15) is 30.0 Å². The molecule has 1 aromatic heterocycles. The number of aryl methyl sites for hydroxylation is 1. The summed E-state index contributed by atoms with van der Waals surface area (Å²) in [5.74, 6) is -0.504. The number of furan rings is 1. The zero-order valence-electron chi connectivity index (χ0n) is 12.1. The molecule has 5 heteroatoms. The van der Waals surface area contributed by atoms with Crippen LogP contribution in [0.4, 0.5) is 5.69 Å². The van der Waals surface area contributed by atoms with Crippen molar-refractivity contribution >= 4 is 17.5 Å². The van der Waals surface area contributed by atoms with E-state index in [1.807, 2.05) is 31.2 Å². The summed E-state index contributed by atoms with van der Waals surface area (Å²) in [6.45, 7) is 3.67. The molecule has 110 valence electrons. The summed E-state index contributed by atoms with van der Waals surface area (Å²) in [5, 5.41) is 5.37. The third-order valence-electron chi connectivity index (χ3n) is 3.09. The number of carbonyl (C=O) groups is 2. The van der Waals surface area contributed by atoms with E-state index in [-0.39, 0.29) is 11.7 Å². The van der Waals surface area contributed by atoms with E-state index in [1.165, 1.54) is 6.26 Å². The lowest BCUT2D eigenvalue weighted by Crippen LogP contribution is -2.41. The van der Waals surface area contributed by atoms with Gasteiger partial charge < -0.3 is 15.1 Å². The first-order chi connectivity index (χ1) is 10.1. The quantitative estimate of drug-likeness (QED) is 0.887. The van der Waals surface area contributed by atoms with E-state index < -0.39 is 11.9 Å². The molecule has 21 heavy (non-hydrogen) atoms. The molecule has 1 unspecified atom stereocenters. The van der Waals surface area contributed by atoms with Gasteiger partial charge in [0.2, 0.25) is 5.91 Å². The van der Waals surface area contributed by atoms with Gasteiger partial charge in [-0.1, -0.05) is 19.1 Å². The molecule has 2 N–H and O–H groups in total. The number of carbonyl (C=O) groups excluding carboxylic acids is 2. The summed E-state index contributed by atoms with van der Waals surface area (Å²) in [5.41, 5.74) is 1.86. The lowest BCUT2D eigenvalue weighted by molar-refractivity contribution is -0.117. The average molecular weight is 286 g/mol. The van der Waals surface area contributed by atoms with Gasteiger partial charge in [-0.2, -0.15) is 0 Å². The maximum absolute atomic E-state index is 12.1. The Balaban J connectivity index is 1.94. The normalized spacial score (nSPS) is 11.7. The van der Waals surface area contributed by atoms with Crippen LogP contribution in [0.25, 0.3) is 0 Å². The summed E-state index contributed by atoms with van der Waals surface area (Å²) in [7, 11) is 0. The van der Waals surface area contributed by atoms with E-state index >= 15 is 0 Å². The van der Waals surface area contributed by atoms with Crippen molar-refractivity contribution in [1.29, 1.82) is 0 Å². The lowest BCUT2D eigenvalue weighted by Gasteiger charge is -2.13. The Bertz CT molecular complexity index is 620. The second-order valence-electron chi connectivity index (χ2n) is 4.72. The Kier molecular flexibility index (Phi) is 4.77. The van der Waals surface area contributed by atoms with Crippen LogP contribution < -0.4 is 10.6 Å². The third-order valence-corrected chi connectivity index (χ3v) is 3.09. The van der Waals surface area contributed by atoms with Gasteiger partial charge in [0.25, 0.3) is 5.91 Å². The highest BCUT2D eigenvalue weighted by Gasteiger charge is 2.18. The van der Waals surface area contributed by atoms with Gasteiger partial charge in [0.1, 0.15) is 6.04 Å². The smallest absolute Gasteiger partial charge is 0.287 e. The van der Waals surface area contributed by atoms with E-state index in [4.69, 9.17) is 4.42 Å². The average Bonchev–Trinajstić information content (AvgIpc) is 3.01. The topological polar surface area (TPSA) is 71.3 Å². The molecule has 0 bridgehead atoms. The van der Waals surface area contributed by atoms with Gasteiger partial charge in [-0.25, -0.2) is 0 Å². The third kappa shape index (κ3) is 3.95. The van der Waals surface area contributed by atoms with Crippen molar-refractivity contribution in [3.8, 4) is 0 Å². The fraction of sp³-hybridized carbons (Fsp3) is 0.250. The van der Waals surface area contributed by atoms with Gasteiger partial charge in [-0.05, 0) is 43.2 Å². The fourth-order valence-electron chi connectivity index (χ4n) is 1.86. The van der Waals surface area contributed by atoms with Crippen molar-refractivity contribution in [2.75, 3.05) is 5.32 Å². The second kappa shape index (κ2) is 6.74. The predicted molar refractivity (Wildman–Crippen MR) is 80.1 cm³/mol. The molecule has 5 nitrogen and oxygen atoms in total. The monoisotopic (exact) mass is 286 g/mol. The zero-order chi connectivity index (χ0) is 15.2. The Labute approximate surface area is 123 Å². The number of nitrogens with one attached hydrogen (secondary N) is 2. The molecule has 0 aliphatic rings. The maximum Gasteiger partial charge on any atom is 0.287 e. The van der Waals surface area contributed by atoms with Crippen LogP contribution in [0.2, 0.25) is 0 Å². The SMILES string of the molecule is CCc1cccc(NC(=O)C(C)NC(=O)c2ccco2)c1. The molecule has 0 spiro atoms. The first kappa shape index (κ1) is 14.8. The van der Waals surface area contributed by atoms with Gasteiger partial charge in [0.05, 0.1) is 6.26 Å². The number of benzene rings is 1. The summed E-state index contributed by atoms with van der Waals surface area (Å²) >= 11 is 0. The van der Waals surface area contributed by atoms with Crippen molar-refractivity contribution in [1.82, 2.24) is 5.32 Å². The van der Waals surface area contributed by atoms with Gasteiger partial charge in [-0.15, -0.1) is 0 Å². The van der Waals surface area contributed by atoms with E-state index in [1.54, 1.807) is 19.1 Å². The van der Waals surface area contributed by atoms with Crippen LogP contribution in [0.15, 0.2) is 47.1 Å². The first-order valence-corrected chi connectivity index (χ1v) is 6.84. The number of rotatable bonds is 5. The molecule has 1 aromatic carbocycles. The molecule has 2 aromatic rings. The standard InChI is InChI=1S/C16H18N2O3/c1-3-12-6-4-7-13(10-12)18-15(19)11(2)17-16(20)14-8-5-9-21-14/h4-11H,3H2,1-2H3,(H,17,20)(H,18,19). The van der Waals surface area contributed by atoms with Crippen molar-refractivity contribution < 1.29 is 14.0 Å². The van der Waals surface area contributed by atoms with Crippen LogP contribution in [0.3, 0.4) is 0 Å². The Hall–Kier alpha value is -2.56. The first-order valence-electron chi connectivity index (χ1n) is 6.84. The maximum atomic E-state index is 12.1. The van der Waals surface area contributed by atoms with Crippen molar-refractivity contribution in [2.45, 2.75) is 26.3 Å². The second-order valence-corrected chi connectivity index (χ2v) is 4.72. The minimum absolute atomic E-state index is 0.183. The molecule has 0 aliphatic heterocycles. The largest absolute Gasteiger partial charge is 0.459 e. The van der Waals surface area contributed by atoms with Gasteiger partial charge in [0, 0.05) is 5.69 Å². The molecule has 0 aliphatic carbocycles. The predicted octanol–water partition coefficient (Wildman–Crippen LogP) is 2.60. The molecule has 0 radical (unpaired) electrons. The molecular weight excluding hydrogens is 268 g/mol. The summed E-state index contributed by atoms with van der Waals surface area (Å²) in [6.07, 6.45) is 2.31.